The van der Waals surface area contributed by atoms with Gasteiger partial charge in [0.15, 0.2) is 0 Å². The summed E-state index contributed by atoms with van der Waals surface area (Å²) < 4.78 is 3.06. The summed E-state index contributed by atoms with van der Waals surface area (Å²) >= 11 is 0. The molecule has 1 unspecified atom stereocenters. The van der Waals surface area contributed by atoms with Crippen LogP contribution in [0.15, 0.2) is 23.0 Å². The fourth-order valence-corrected chi connectivity index (χ4v) is 3.86. The summed E-state index contributed by atoms with van der Waals surface area (Å²) in [7, 11) is 0. The maximum atomic E-state index is 13.2. The molecule has 1 aliphatic heterocycles. The van der Waals surface area contributed by atoms with E-state index in [-0.39, 0.29) is 28.7 Å². The number of aryl methyl sites for hydroxylation is 2. The highest BCUT2D eigenvalue weighted by molar-refractivity contribution is 5.91. The van der Waals surface area contributed by atoms with Crippen molar-refractivity contribution in [2.75, 3.05) is 6.54 Å². The van der Waals surface area contributed by atoms with Crippen molar-refractivity contribution in [1.82, 2.24) is 34.3 Å². The summed E-state index contributed by atoms with van der Waals surface area (Å²) in [5, 5.41) is 8.92. The lowest BCUT2D eigenvalue weighted by Crippen LogP contribution is -2.41. The highest BCUT2D eigenvalue weighted by Crippen LogP contribution is 2.22. The van der Waals surface area contributed by atoms with Crippen molar-refractivity contribution in [3.63, 3.8) is 0 Å². The van der Waals surface area contributed by atoms with Gasteiger partial charge in [-0.05, 0) is 38.8 Å². The Labute approximate surface area is 174 Å². The van der Waals surface area contributed by atoms with Crippen molar-refractivity contribution >= 4 is 11.7 Å². The summed E-state index contributed by atoms with van der Waals surface area (Å²) in [6.45, 7) is 10.9. The van der Waals surface area contributed by atoms with Crippen molar-refractivity contribution in [3.05, 3.63) is 51.5 Å². The molecule has 4 heterocycles. The van der Waals surface area contributed by atoms with Gasteiger partial charge in [0.25, 0.3) is 17.2 Å². The van der Waals surface area contributed by atoms with Crippen LogP contribution in [0.2, 0.25) is 0 Å². The molecule has 9 nitrogen and oxygen atoms in total. The first-order valence-corrected chi connectivity index (χ1v) is 10.2. The standard InChI is InChI=1S/C21H27N7O2/c1-13-11-14(2)28-20(22-13)23-18(25-28)19(30)26-10-6-7-15(26)12-27-17(29)9-8-16(24-27)21(3,4)5/h8-9,11,15H,6-7,10,12H2,1-5H3. The quantitative estimate of drug-likeness (QED) is 0.655. The molecule has 3 aromatic heterocycles. The van der Waals surface area contributed by atoms with E-state index in [1.54, 1.807) is 21.5 Å². The van der Waals surface area contributed by atoms with Crippen LogP contribution in [0.25, 0.3) is 5.78 Å². The van der Waals surface area contributed by atoms with Gasteiger partial charge in [0.05, 0.1) is 18.3 Å². The van der Waals surface area contributed by atoms with Crippen molar-refractivity contribution in [2.45, 2.75) is 65.5 Å². The van der Waals surface area contributed by atoms with Gasteiger partial charge in [-0.1, -0.05) is 20.8 Å². The molecule has 1 amide bonds. The number of hydrogen-bond donors (Lipinski definition) is 0. The Bertz CT molecular complexity index is 1170. The molecule has 0 aliphatic carbocycles. The maximum Gasteiger partial charge on any atom is 0.293 e. The van der Waals surface area contributed by atoms with E-state index in [4.69, 9.17) is 0 Å². The van der Waals surface area contributed by atoms with Gasteiger partial charge in [0, 0.05) is 29.4 Å². The predicted molar refractivity (Wildman–Crippen MR) is 112 cm³/mol. The lowest BCUT2D eigenvalue weighted by Gasteiger charge is -2.25. The number of aromatic nitrogens is 6. The fraction of sp³-hybridized carbons (Fsp3) is 0.524. The highest BCUT2D eigenvalue weighted by atomic mass is 16.2. The molecular formula is C21H27N7O2. The molecule has 0 bridgehead atoms. The molecule has 0 saturated carbocycles. The molecule has 30 heavy (non-hydrogen) atoms. The average Bonchev–Trinajstić information content (AvgIpc) is 3.29. The number of amides is 1. The molecule has 4 rings (SSSR count). The van der Waals surface area contributed by atoms with E-state index in [1.807, 2.05) is 19.9 Å². The highest BCUT2D eigenvalue weighted by Gasteiger charge is 2.32. The normalized spacial score (nSPS) is 17.1. The first-order chi connectivity index (χ1) is 14.1. The van der Waals surface area contributed by atoms with Gasteiger partial charge in [-0.15, -0.1) is 5.10 Å². The van der Waals surface area contributed by atoms with Crippen LogP contribution in [0.1, 0.15) is 61.3 Å². The summed E-state index contributed by atoms with van der Waals surface area (Å²) in [6.07, 6.45) is 1.68. The maximum absolute atomic E-state index is 13.2. The molecule has 1 atom stereocenters. The first kappa shape index (κ1) is 20.2. The van der Waals surface area contributed by atoms with Crippen LogP contribution in [0, 0.1) is 13.8 Å². The molecule has 1 saturated heterocycles. The van der Waals surface area contributed by atoms with Gasteiger partial charge in [-0.2, -0.15) is 10.1 Å². The lowest BCUT2D eigenvalue weighted by molar-refractivity contribution is 0.0708. The number of carbonyl (C=O) groups excluding carboxylic acids is 1. The van der Waals surface area contributed by atoms with Crippen LogP contribution in [0.3, 0.4) is 0 Å². The second-order valence-electron chi connectivity index (χ2n) is 8.97. The Morgan fingerprint density at radius 3 is 2.67 bits per heavy atom. The van der Waals surface area contributed by atoms with E-state index in [2.05, 4.69) is 40.9 Å². The van der Waals surface area contributed by atoms with E-state index >= 15 is 0 Å². The zero-order valence-corrected chi connectivity index (χ0v) is 18.1. The Morgan fingerprint density at radius 2 is 1.93 bits per heavy atom. The lowest BCUT2D eigenvalue weighted by atomic mass is 9.92. The Morgan fingerprint density at radius 1 is 1.17 bits per heavy atom. The molecule has 0 radical (unpaired) electrons. The summed E-state index contributed by atoms with van der Waals surface area (Å²) in [5.41, 5.74) is 2.22. The minimum absolute atomic E-state index is 0.125. The van der Waals surface area contributed by atoms with Crippen LogP contribution in [0.4, 0.5) is 0 Å². The van der Waals surface area contributed by atoms with Gasteiger partial charge in [-0.25, -0.2) is 14.2 Å². The first-order valence-electron chi connectivity index (χ1n) is 10.2. The second kappa shape index (κ2) is 7.30. The summed E-state index contributed by atoms with van der Waals surface area (Å²) in [5.74, 6) is 0.314. The number of hydrogen-bond acceptors (Lipinski definition) is 6. The van der Waals surface area contributed by atoms with Crippen LogP contribution in [0.5, 0.6) is 0 Å². The minimum Gasteiger partial charge on any atom is -0.331 e. The predicted octanol–water partition coefficient (Wildman–Crippen LogP) is 1.90. The third-order valence-electron chi connectivity index (χ3n) is 5.47. The van der Waals surface area contributed by atoms with Crippen molar-refractivity contribution < 1.29 is 4.79 Å². The van der Waals surface area contributed by atoms with E-state index in [9.17, 15) is 9.59 Å². The van der Waals surface area contributed by atoms with E-state index < -0.39 is 0 Å². The molecule has 0 aromatic carbocycles. The molecule has 0 spiro atoms. The SMILES string of the molecule is Cc1cc(C)n2nc(C(=O)N3CCCC3Cn3nc(C(C)(C)C)ccc3=O)nc2n1. The second-order valence-corrected chi connectivity index (χ2v) is 8.97. The van der Waals surface area contributed by atoms with E-state index in [0.717, 1.165) is 29.9 Å². The smallest absolute Gasteiger partial charge is 0.293 e. The van der Waals surface area contributed by atoms with Gasteiger partial charge in [0.2, 0.25) is 5.82 Å². The minimum atomic E-state index is -0.236. The van der Waals surface area contributed by atoms with Crippen molar-refractivity contribution in [2.24, 2.45) is 0 Å². The molecule has 158 valence electrons. The largest absolute Gasteiger partial charge is 0.331 e. The molecule has 1 fully saturated rings. The van der Waals surface area contributed by atoms with Crippen molar-refractivity contribution in [1.29, 1.82) is 0 Å². The Hall–Kier alpha value is -3.10. The summed E-state index contributed by atoms with van der Waals surface area (Å²) in [6, 6.07) is 5.10. The zero-order valence-electron chi connectivity index (χ0n) is 18.1. The average molecular weight is 409 g/mol. The van der Waals surface area contributed by atoms with Crippen LogP contribution in [-0.4, -0.2) is 52.8 Å². The van der Waals surface area contributed by atoms with Crippen LogP contribution >= 0.6 is 0 Å². The molecular weight excluding hydrogens is 382 g/mol. The monoisotopic (exact) mass is 409 g/mol. The summed E-state index contributed by atoms with van der Waals surface area (Å²) in [4.78, 5) is 36.0. The number of nitrogens with zero attached hydrogens (tertiary/aromatic N) is 7. The van der Waals surface area contributed by atoms with Gasteiger partial charge in [-0.3, -0.25) is 9.59 Å². The van der Waals surface area contributed by atoms with Gasteiger partial charge < -0.3 is 4.90 Å². The molecule has 3 aromatic rings. The molecule has 9 heteroatoms. The molecule has 0 N–H and O–H groups in total. The van der Waals surface area contributed by atoms with Crippen molar-refractivity contribution in [3.8, 4) is 0 Å². The van der Waals surface area contributed by atoms with Gasteiger partial charge in [0.1, 0.15) is 0 Å². The Kier molecular flexibility index (Phi) is 4.91. The fourth-order valence-electron chi connectivity index (χ4n) is 3.86. The van der Waals surface area contributed by atoms with E-state index in [1.165, 1.54) is 4.68 Å². The number of rotatable bonds is 3. The van der Waals surface area contributed by atoms with Crippen LogP contribution < -0.4 is 5.56 Å². The zero-order chi connectivity index (χ0) is 21.6. The number of carbonyl (C=O) groups is 1. The Balaban J connectivity index is 1.61. The molecule has 1 aliphatic rings. The number of fused-ring (bicyclic) bond motifs is 1. The number of likely N-dealkylation sites (tertiary alicyclic amines) is 1. The topological polar surface area (TPSA) is 98.3 Å². The third kappa shape index (κ3) is 3.71. The van der Waals surface area contributed by atoms with E-state index in [0.29, 0.717) is 18.9 Å². The van der Waals surface area contributed by atoms with Crippen LogP contribution in [-0.2, 0) is 12.0 Å². The van der Waals surface area contributed by atoms with Gasteiger partial charge >= 0.3 is 0 Å². The third-order valence-corrected chi connectivity index (χ3v) is 5.47.